The molecule has 0 aliphatic carbocycles. The number of hydrogen-bond donors (Lipinski definition) is 0. The van der Waals surface area contributed by atoms with Crippen LogP contribution in [0.25, 0.3) is 0 Å². The van der Waals surface area contributed by atoms with E-state index in [0.29, 0.717) is 11.2 Å². The molecule has 2 rings (SSSR count). The van der Waals surface area contributed by atoms with Crippen LogP contribution >= 0.6 is 0 Å². The summed E-state index contributed by atoms with van der Waals surface area (Å²) in [4.78, 5) is 0. The smallest absolute Gasteiger partial charge is 0.495 e. The maximum Gasteiger partial charge on any atom is 0.495 e. The Bertz CT molecular complexity index is 539. The zero-order valence-electron chi connectivity index (χ0n) is 13.4. The van der Waals surface area contributed by atoms with Gasteiger partial charge in [-0.05, 0) is 50.9 Å². The molecule has 122 valence electrons. The van der Waals surface area contributed by atoms with E-state index >= 15 is 0 Å². The standard InChI is InChI=1S/C15H20BF3O3/c1-13(2)14(3,4)22-16(21-13)12-7-6-11(20-5)8-10(12)9-15(17,18)19/h6-8H,9H2,1-5H3. The summed E-state index contributed by atoms with van der Waals surface area (Å²) in [5.41, 5.74) is -0.720. The largest absolute Gasteiger partial charge is 0.497 e. The molecule has 0 unspecified atom stereocenters. The van der Waals surface area contributed by atoms with Crippen LogP contribution in [-0.4, -0.2) is 31.6 Å². The molecule has 1 aromatic carbocycles. The maximum absolute atomic E-state index is 12.8. The molecule has 0 atom stereocenters. The molecule has 0 N–H and O–H groups in total. The molecule has 1 aliphatic heterocycles. The quantitative estimate of drug-likeness (QED) is 0.802. The first-order chi connectivity index (χ1) is 9.95. The average molecular weight is 316 g/mol. The van der Waals surface area contributed by atoms with Crippen molar-refractivity contribution in [3.63, 3.8) is 0 Å². The molecule has 0 saturated carbocycles. The summed E-state index contributed by atoms with van der Waals surface area (Å²) in [6.07, 6.45) is -5.37. The van der Waals surface area contributed by atoms with Gasteiger partial charge in [-0.25, -0.2) is 0 Å². The van der Waals surface area contributed by atoms with Crippen molar-refractivity contribution in [2.24, 2.45) is 0 Å². The zero-order valence-corrected chi connectivity index (χ0v) is 13.4. The van der Waals surface area contributed by atoms with Gasteiger partial charge in [0.05, 0.1) is 24.7 Å². The highest BCUT2D eigenvalue weighted by Gasteiger charge is 2.52. The summed E-state index contributed by atoms with van der Waals surface area (Å²) in [7, 11) is 0.592. The Morgan fingerprint density at radius 2 is 1.64 bits per heavy atom. The number of ether oxygens (including phenoxy) is 1. The van der Waals surface area contributed by atoms with Gasteiger partial charge >= 0.3 is 13.3 Å². The van der Waals surface area contributed by atoms with Gasteiger partial charge < -0.3 is 14.0 Å². The molecule has 1 aliphatic rings. The van der Waals surface area contributed by atoms with E-state index in [1.165, 1.54) is 13.2 Å². The van der Waals surface area contributed by atoms with Crippen molar-refractivity contribution >= 4 is 12.6 Å². The number of methoxy groups -OCH3 is 1. The third kappa shape index (κ3) is 3.41. The molecule has 1 saturated heterocycles. The highest BCUT2D eigenvalue weighted by Crippen LogP contribution is 2.37. The predicted octanol–water partition coefficient (Wildman–Crippen LogP) is 3.10. The molecule has 0 amide bonds. The lowest BCUT2D eigenvalue weighted by Gasteiger charge is -2.32. The van der Waals surface area contributed by atoms with Crippen molar-refractivity contribution in [3.05, 3.63) is 23.8 Å². The van der Waals surface area contributed by atoms with Crippen LogP contribution in [0, 0.1) is 0 Å². The predicted molar refractivity (Wildman–Crippen MR) is 78.5 cm³/mol. The van der Waals surface area contributed by atoms with Gasteiger partial charge in [0.1, 0.15) is 5.75 Å². The lowest BCUT2D eigenvalue weighted by atomic mass is 9.75. The van der Waals surface area contributed by atoms with Gasteiger partial charge in [0.25, 0.3) is 0 Å². The summed E-state index contributed by atoms with van der Waals surface area (Å²) in [5.74, 6) is 0.375. The SMILES string of the molecule is COc1ccc(B2OC(C)(C)C(C)(C)O2)c(CC(F)(F)F)c1. The Balaban J connectivity index is 2.39. The monoisotopic (exact) mass is 316 g/mol. The molecule has 22 heavy (non-hydrogen) atoms. The van der Waals surface area contributed by atoms with Crippen molar-refractivity contribution in [3.8, 4) is 5.75 Å². The Morgan fingerprint density at radius 1 is 1.09 bits per heavy atom. The second kappa shape index (κ2) is 5.46. The Morgan fingerprint density at radius 3 is 2.09 bits per heavy atom. The first-order valence-corrected chi connectivity index (χ1v) is 7.04. The molecule has 0 bridgehead atoms. The van der Waals surface area contributed by atoms with E-state index in [9.17, 15) is 13.2 Å². The van der Waals surface area contributed by atoms with Gasteiger partial charge in [0.15, 0.2) is 0 Å². The molecule has 1 heterocycles. The van der Waals surface area contributed by atoms with Gasteiger partial charge in [-0.15, -0.1) is 0 Å². The Hall–Kier alpha value is -1.21. The molecule has 0 radical (unpaired) electrons. The van der Waals surface area contributed by atoms with Crippen LogP contribution in [0.1, 0.15) is 33.3 Å². The number of halogens is 3. The topological polar surface area (TPSA) is 27.7 Å². The fourth-order valence-corrected chi connectivity index (χ4v) is 2.28. The van der Waals surface area contributed by atoms with Gasteiger partial charge in [0.2, 0.25) is 0 Å². The maximum atomic E-state index is 12.8. The molecule has 1 fully saturated rings. The van der Waals surface area contributed by atoms with Crippen molar-refractivity contribution in [2.45, 2.75) is 51.5 Å². The van der Waals surface area contributed by atoms with Gasteiger partial charge in [-0.2, -0.15) is 13.2 Å². The summed E-state index contributed by atoms with van der Waals surface area (Å²) in [6, 6.07) is 4.57. The van der Waals surface area contributed by atoms with Crippen molar-refractivity contribution in [1.82, 2.24) is 0 Å². The molecular weight excluding hydrogens is 296 g/mol. The summed E-state index contributed by atoms with van der Waals surface area (Å²) >= 11 is 0. The number of benzene rings is 1. The number of alkyl halides is 3. The average Bonchev–Trinajstić information content (AvgIpc) is 2.56. The molecule has 7 heteroatoms. The van der Waals surface area contributed by atoms with Gasteiger partial charge in [-0.3, -0.25) is 0 Å². The van der Waals surface area contributed by atoms with Crippen LogP contribution in [-0.2, 0) is 15.7 Å². The number of rotatable bonds is 3. The van der Waals surface area contributed by atoms with Crippen LogP contribution in [0.2, 0.25) is 0 Å². The number of hydrogen-bond acceptors (Lipinski definition) is 3. The molecular formula is C15H20BF3O3. The van der Waals surface area contributed by atoms with Crippen molar-refractivity contribution < 1.29 is 27.2 Å². The van der Waals surface area contributed by atoms with Gasteiger partial charge in [-0.1, -0.05) is 6.07 Å². The third-order valence-corrected chi connectivity index (χ3v) is 4.25. The minimum absolute atomic E-state index is 0.102. The summed E-state index contributed by atoms with van der Waals surface area (Å²) in [5, 5.41) is 0. The molecule has 1 aromatic rings. The van der Waals surface area contributed by atoms with Crippen LogP contribution in [0.5, 0.6) is 5.75 Å². The van der Waals surface area contributed by atoms with E-state index in [0.717, 1.165) is 0 Å². The third-order valence-electron chi connectivity index (χ3n) is 4.25. The van der Waals surface area contributed by atoms with E-state index < -0.39 is 30.9 Å². The summed E-state index contributed by atoms with van der Waals surface area (Å²) in [6.45, 7) is 7.44. The Labute approximate surface area is 128 Å². The second-order valence-electron chi connectivity index (χ2n) is 6.44. The normalized spacial score (nSPS) is 20.3. The molecule has 3 nitrogen and oxygen atoms in total. The zero-order chi connectivity index (χ0) is 16.8. The minimum atomic E-state index is -4.31. The highest BCUT2D eigenvalue weighted by atomic mass is 19.4. The Kier molecular flexibility index (Phi) is 4.26. The first kappa shape index (κ1) is 17.2. The molecule has 0 spiro atoms. The van der Waals surface area contributed by atoms with Crippen LogP contribution in [0.15, 0.2) is 18.2 Å². The van der Waals surface area contributed by atoms with Crippen LogP contribution < -0.4 is 10.2 Å². The highest BCUT2D eigenvalue weighted by molar-refractivity contribution is 6.62. The van der Waals surface area contributed by atoms with Crippen LogP contribution in [0.3, 0.4) is 0 Å². The lowest BCUT2D eigenvalue weighted by Crippen LogP contribution is -2.41. The lowest BCUT2D eigenvalue weighted by molar-refractivity contribution is -0.127. The fraction of sp³-hybridized carbons (Fsp3) is 0.600. The van der Waals surface area contributed by atoms with E-state index in [1.807, 2.05) is 27.7 Å². The van der Waals surface area contributed by atoms with Gasteiger partial charge in [0, 0.05) is 0 Å². The van der Waals surface area contributed by atoms with E-state index in [1.54, 1.807) is 12.1 Å². The fourth-order valence-electron chi connectivity index (χ4n) is 2.28. The van der Waals surface area contributed by atoms with E-state index in [2.05, 4.69) is 0 Å². The van der Waals surface area contributed by atoms with Crippen LogP contribution in [0.4, 0.5) is 13.2 Å². The van der Waals surface area contributed by atoms with Crippen molar-refractivity contribution in [1.29, 1.82) is 0 Å². The first-order valence-electron chi connectivity index (χ1n) is 7.04. The minimum Gasteiger partial charge on any atom is -0.497 e. The van der Waals surface area contributed by atoms with E-state index in [4.69, 9.17) is 14.0 Å². The molecule has 0 aromatic heterocycles. The summed E-state index contributed by atoms with van der Waals surface area (Å²) < 4.78 is 55.2. The van der Waals surface area contributed by atoms with E-state index in [-0.39, 0.29) is 5.56 Å². The van der Waals surface area contributed by atoms with Crippen molar-refractivity contribution in [2.75, 3.05) is 7.11 Å². The second-order valence-corrected chi connectivity index (χ2v) is 6.44.